The smallest absolute Gasteiger partial charge is 0.255 e. The maximum absolute atomic E-state index is 12.5. The first kappa shape index (κ1) is 13.1. The van der Waals surface area contributed by atoms with Gasteiger partial charge in [0, 0.05) is 17.1 Å². The molecule has 1 aromatic carbocycles. The highest BCUT2D eigenvalue weighted by molar-refractivity contribution is 9.10. The molecule has 0 spiro atoms. The van der Waals surface area contributed by atoms with Crippen LogP contribution in [-0.4, -0.2) is 23.4 Å². The van der Waals surface area contributed by atoms with Gasteiger partial charge in [0.25, 0.3) is 5.91 Å². The number of carbonyl (C=O) groups excluding carboxylic acids is 1. The van der Waals surface area contributed by atoms with Crippen LogP contribution in [0.3, 0.4) is 0 Å². The van der Waals surface area contributed by atoms with Gasteiger partial charge < -0.3 is 4.90 Å². The molecule has 0 bridgehead atoms. The summed E-state index contributed by atoms with van der Waals surface area (Å²) in [5.74, 6) is 0.0309. The zero-order chi connectivity index (χ0) is 13.1. The number of nitriles is 1. The van der Waals surface area contributed by atoms with Gasteiger partial charge in [-0.1, -0.05) is 11.6 Å². The van der Waals surface area contributed by atoms with E-state index in [9.17, 15) is 4.79 Å². The molecule has 0 heterocycles. The Morgan fingerprint density at radius 2 is 2.28 bits per heavy atom. The second kappa shape index (κ2) is 5.53. The second-order valence-corrected chi connectivity index (χ2v) is 5.48. The van der Waals surface area contributed by atoms with E-state index in [1.54, 1.807) is 0 Å². The minimum Gasteiger partial charge on any atom is -0.335 e. The number of rotatable bonds is 4. The molecule has 0 atom stereocenters. The molecule has 4 heteroatoms. The molecule has 1 amide bonds. The van der Waals surface area contributed by atoms with E-state index in [4.69, 9.17) is 5.26 Å². The van der Waals surface area contributed by atoms with Crippen molar-refractivity contribution in [2.45, 2.75) is 32.2 Å². The van der Waals surface area contributed by atoms with Gasteiger partial charge in [-0.05, 0) is 47.8 Å². The Labute approximate surface area is 116 Å². The molecule has 1 aliphatic rings. The zero-order valence-electron chi connectivity index (χ0n) is 10.3. The Kier molecular flexibility index (Phi) is 4.03. The third kappa shape index (κ3) is 2.91. The van der Waals surface area contributed by atoms with Crippen LogP contribution >= 0.6 is 15.9 Å². The first-order valence-corrected chi connectivity index (χ1v) is 6.87. The molecule has 94 valence electrons. The summed E-state index contributed by atoms with van der Waals surface area (Å²) in [6, 6.07) is 8.21. The van der Waals surface area contributed by atoms with E-state index in [1.807, 2.05) is 30.0 Å². The molecule has 0 radical (unpaired) electrons. The molecule has 2 rings (SSSR count). The predicted octanol–water partition coefficient (Wildman–Crippen LogP) is 3.28. The molecule has 1 aliphatic carbocycles. The highest BCUT2D eigenvalue weighted by Gasteiger charge is 2.33. The summed E-state index contributed by atoms with van der Waals surface area (Å²) in [6.45, 7) is 2.50. The highest BCUT2D eigenvalue weighted by Crippen LogP contribution is 2.30. The second-order valence-electron chi connectivity index (χ2n) is 4.62. The summed E-state index contributed by atoms with van der Waals surface area (Å²) >= 11 is 3.42. The molecular weight excluding hydrogens is 292 g/mol. The molecule has 0 N–H and O–H groups in total. The van der Waals surface area contributed by atoms with Crippen LogP contribution < -0.4 is 0 Å². The number of halogens is 1. The molecule has 18 heavy (non-hydrogen) atoms. The van der Waals surface area contributed by atoms with E-state index in [2.05, 4.69) is 22.0 Å². The van der Waals surface area contributed by atoms with E-state index in [1.165, 1.54) is 0 Å². The standard InChI is InChI=1S/C14H15BrN2O/c1-10-3-6-13(15)12(9-10)14(18)17(8-2-7-16)11-4-5-11/h3,6,9,11H,2,4-5,8H2,1H3. The van der Waals surface area contributed by atoms with Crippen molar-refractivity contribution >= 4 is 21.8 Å². The summed E-state index contributed by atoms with van der Waals surface area (Å²) in [7, 11) is 0. The molecule has 0 aliphatic heterocycles. The van der Waals surface area contributed by atoms with Crippen LogP contribution in [0.1, 0.15) is 35.2 Å². The van der Waals surface area contributed by atoms with Crippen molar-refractivity contribution < 1.29 is 4.79 Å². The number of hydrogen-bond donors (Lipinski definition) is 0. The molecule has 3 nitrogen and oxygen atoms in total. The van der Waals surface area contributed by atoms with Crippen LogP contribution in [0.15, 0.2) is 22.7 Å². The average Bonchev–Trinajstić information content (AvgIpc) is 3.17. The summed E-state index contributed by atoms with van der Waals surface area (Å²) in [5.41, 5.74) is 1.76. The molecule has 1 saturated carbocycles. The molecule has 1 fully saturated rings. The van der Waals surface area contributed by atoms with E-state index in [-0.39, 0.29) is 5.91 Å². The van der Waals surface area contributed by atoms with Gasteiger partial charge in [0.15, 0.2) is 0 Å². The van der Waals surface area contributed by atoms with E-state index < -0.39 is 0 Å². The van der Waals surface area contributed by atoms with Crippen LogP contribution in [0, 0.1) is 18.3 Å². The number of aryl methyl sites for hydroxylation is 1. The largest absolute Gasteiger partial charge is 0.335 e. The Bertz CT molecular complexity index is 503. The maximum Gasteiger partial charge on any atom is 0.255 e. The van der Waals surface area contributed by atoms with Crippen LogP contribution in [0.25, 0.3) is 0 Å². The number of carbonyl (C=O) groups is 1. The predicted molar refractivity (Wildman–Crippen MR) is 73.2 cm³/mol. The third-order valence-corrected chi connectivity index (χ3v) is 3.76. The van der Waals surface area contributed by atoms with Crippen molar-refractivity contribution in [1.82, 2.24) is 4.90 Å². The Hall–Kier alpha value is -1.34. The first-order chi connectivity index (χ1) is 8.63. The van der Waals surface area contributed by atoms with E-state index in [0.29, 0.717) is 24.6 Å². The van der Waals surface area contributed by atoms with Gasteiger partial charge in [-0.3, -0.25) is 4.79 Å². The Morgan fingerprint density at radius 1 is 1.56 bits per heavy atom. The van der Waals surface area contributed by atoms with Gasteiger partial charge in [-0.15, -0.1) is 0 Å². The summed E-state index contributed by atoms with van der Waals surface area (Å²) in [5, 5.41) is 8.67. The number of amides is 1. The van der Waals surface area contributed by atoms with Gasteiger partial charge in [-0.2, -0.15) is 5.26 Å². The van der Waals surface area contributed by atoms with Gasteiger partial charge in [-0.25, -0.2) is 0 Å². The number of hydrogen-bond acceptors (Lipinski definition) is 2. The fourth-order valence-electron chi connectivity index (χ4n) is 1.96. The average molecular weight is 307 g/mol. The third-order valence-electron chi connectivity index (χ3n) is 3.07. The fourth-order valence-corrected chi connectivity index (χ4v) is 2.38. The van der Waals surface area contributed by atoms with Gasteiger partial charge in [0.2, 0.25) is 0 Å². The number of benzene rings is 1. The van der Waals surface area contributed by atoms with Crippen molar-refractivity contribution in [3.63, 3.8) is 0 Å². The highest BCUT2D eigenvalue weighted by atomic mass is 79.9. The molecule has 0 aromatic heterocycles. The van der Waals surface area contributed by atoms with Crippen molar-refractivity contribution in [1.29, 1.82) is 5.26 Å². The van der Waals surface area contributed by atoms with Gasteiger partial charge >= 0.3 is 0 Å². The van der Waals surface area contributed by atoms with Crippen LogP contribution in [-0.2, 0) is 0 Å². The van der Waals surface area contributed by atoms with Crippen molar-refractivity contribution in [2.24, 2.45) is 0 Å². The minimum atomic E-state index is 0.0309. The summed E-state index contributed by atoms with van der Waals surface area (Å²) < 4.78 is 0.820. The quantitative estimate of drug-likeness (QED) is 0.857. The van der Waals surface area contributed by atoms with E-state index in [0.717, 1.165) is 22.9 Å². The van der Waals surface area contributed by atoms with Crippen LogP contribution in [0.2, 0.25) is 0 Å². The molecule has 0 saturated heterocycles. The number of nitrogens with zero attached hydrogens (tertiary/aromatic N) is 2. The normalized spacial score (nSPS) is 14.1. The first-order valence-electron chi connectivity index (χ1n) is 6.07. The summed E-state index contributed by atoms with van der Waals surface area (Å²) in [4.78, 5) is 14.3. The molecular formula is C14H15BrN2O. The van der Waals surface area contributed by atoms with Crippen molar-refractivity contribution in [3.05, 3.63) is 33.8 Å². The molecule has 1 aromatic rings. The Balaban J connectivity index is 2.22. The van der Waals surface area contributed by atoms with Crippen LogP contribution in [0.4, 0.5) is 0 Å². The zero-order valence-corrected chi connectivity index (χ0v) is 11.9. The lowest BCUT2D eigenvalue weighted by molar-refractivity contribution is 0.0746. The minimum absolute atomic E-state index is 0.0309. The lowest BCUT2D eigenvalue weighted by atomic mass is 10.1. The fraction of sp³-hybridized carbons (Fsp3) is 0.429. The topological polar surface area (TPSA) is 44.1 Å². The SMILES string of the molecule is Cc1ccc(Br)c(C(=O)N(CCC#N)C2CC2)c1. The lowest BCUT2D eigenvalue weighted by Gasteiger charge is -2.22. The monoisotopic (exact) mass is 306 g/mol. The van der Waals surface area contributed by atoms with Gasteiger partial charge in [0.1, 0.15) is 0 Å². The van der Waals surface area contributed by atoms with Gasteiger partial charge in [0.05, 0.1) is 18.1 Å². The van der Waals surface area contributed by atoms with Crippen molar-refractivity contribution in [2.75, 3.05) is 6.54 Å². The molecule has 0 unspecified atom stereocenters. The Morgan fingerprint density at radius 3 is 2.89 bits per heavy atom. The summed E-state index contributed by atoms with van der Waals surface area (Å²) in [6.07, 6.45) is 2.51. The maximum atomic E-state index is 12.5. The van der Waals surface area contributed by atoms with Crippen LogP contribution in [0.5, 0.6) is 0 Å². The van der Waals surface area contributed by atoms with Crippen molar-refractivity contribution in [3.8, 4) is 6.07 Å². The lowest BCUT2D eigenvalue weighted by Crippen LogP contribution is -2.34. The van der Waals surface area contributed by atoms with E-state index >= 15 is 0 Å².